The number of aromatic nitrogens is 3. The van der Waals surface area contributed by atoms with Gasteiger partial charge in [0, 0.05) is 38.9 Å². The van der Waals surface area contributed by atoms with Crippen molar-refractivity contribution in [2.75, 3.05) is 26.8 Å². The molecule has 2 aliphatic heterocycles. The highest BCUT2D eigenvalue weighted by Gasteiger charge is 2.29. The molecule has 8 heteroatoms. The summed E-state index contributed by atoms with van der Waals surface area (Å²) in [6.45, 7) is 3.18. The highest BCUT2D eigenvalue weighted by molar-refractivity contribution is 5.92. The fourth-order valence-electron chi connectivity index (χ4n) is 4.36. The predicted octanol–water partition coefficient (Wildman–Crippen LogP) is 2.39. The number of nitrogens with one attached hydrogen (secondary N) is 1. The average Bonchev–Trinajstić information content (AvgIpc) is 3.35. The van der Waals surface area contributed by atoms with Gasteiger partial charge in [-0.05, 0) is 44.4 Å². The van der Waals surface area contributed by atoms with Gasteiger partial charge in [0.25, 0.3) is 5.91 Å². The van der Waals surface area contributed by atoms with Gasteiger partial charge in [-0.3, -0.25) is 9.69 Å². The zero-order valence-corrected chi connectivity index (χ0v) is 16.7. The summed E-state index contributed by atoms with van der Waals surface area (Å²) in [7, 11) is 3.62. The van der Waals surface area contributed by atoms with Crippen LogP contribution in [0.5, 0.6) is 0 Å². The Balaban J connectivity index is 1.50. The van der Waals surface area contributed by atoms with Gasteiger partial charge in [-0.15, -0.1) is 0 Å². The van der Waals surface area contributed by atoms with Crippen LogP contribution in [0, 0.1) is 0 Å². The molecule has 4 heterocycles. The molecule has 1 N–H and O–H groups in total. The summed E-state index contributed by atoms with van der Waals surface area (Å²) in [4.78, 5) is 19.2. The maximum Gasteiger partial charge on any atom is 0.267 e. The number of carbonyl (C=O) groups excluding carboxylic acids is 1. The standard InChI is InChI=1S/C20H29N5O3/c1-21-19(26)17-7-6-15(24(17)2)16-5-3-4-10-25(16)13-18-22-20(28-23-18)14-8-11-27-12-9-14/h6-7,14,16H,3-5,8-13H2,1-2H3,(H,21,26). The first-order valence-electron chi connectivity index (χ1n) is 10.2. The summed E-state index contributed by atoms with van der Waals surface area (Å²) in [5.74, 6) is 1.74. The van der Waals surface area contributed by atoms with Crippen molar-refractivity contribution in [1.82, 2.24) is 24.9 Å². The van der Waals surface area contributed by atoms with Crippen LogP contribution in [0.15, 0.2) is 16.7 Å². The van der Waals surface area contributed by atoms with Gasteiger partial charge >= 0.3 is 0 Å². The number of carbonyl (C=O) groups is 1. The lowest BCUT2D eigenvalue weighted by atomic mass is 9.99. The molecule has 2 saturated heterocycles. The van der Waals surface area contributed by atoms with Gasteiger partial charge in [0.2, 0.25) is 5.89 Å². The minimum atomic E-state index is -0.0598. The van der Waals surface area contributed by atoms with Crippen molar-refractivity contribution in [3.8, 4) is 0 Å². The Hall–Kier alpha value is -2.19. The Labute approximate surface area is 165 Å². The van der Waals surface area contributed by atoms with Crippen molar-refractivity contribution >= 4 is 5.91 Å². The number of rotatable bonds is 5. The van der Waals surface area contributed by atoms with Crippen molar-refractivity contribution in [3.05, 3.63) is 35.2 Å². The molecule has 1 atom stereocenters. The van der Waals surface area contributed by atoms with E-state index in [9.17, 15) is 4.79 Å². The first-order chi connectivity index (χ1) is 13.7. The van der Waals surface area contributed by atoms with Crippen molar-refractivity contribution in [2.24, 2.45) is 7.05 Å². The van der Waals surface area contributed by atoms with Crippen LogP contribution in [0.1, 0.15) is 72.0 Å². The van der Waals surface area contributed by atoms with E-state index in [2.05, 4.69) is 26.4 Å². The number of nitrogens with zero attached hydrogens (tertiary/aromatic N) is 4. The van der Waals surface area contributed by atoms with E-state index in [1.807, 2.05) is 17.7 Å². The van der Waals surface area contributed by atoms with Crippen LogP contribution in [0.2, 0.25) is 0 Å². The summed E-state index contributed by atoms with van der Waals surface area (Å²) < 4.78 is 13.0. The van der Waals surface area contributed by atoms with Gasteiger partial charge in [0.05, 0.1) is 12.6 Å². The van der Waals surface area contributed by atoms with Crippen LogP contribution in [0.25, 0.3) is 0 Å². The van der Waals surface area contributed by atoms with Crippen LogP contribution in [-0.2, 0) is 18.3 Å². The summed E-state index contributed by atoms with van der Waals surface area (Å²) >= 11 is 0. The molecular formula is C20H29N5O3. The summed E-state index contributed by atoms with van der Waals surface area (Å²) in [6.07, 6.45) is 5.30. The minimum absolute atomic E-state index is 0.0598. The number of hydrogen-bond donors (Lipinski definition) is 1. The topological polar surface area (TPSA) is 85.4 Å². The van der Waals surface area contributed by atoms with Gasteiger partial charge < -0.3 is 19.1 Å². The normalized spacial score (nSPS) is 21.7. The number of ether oxygens (including phenoxy) is 1. The first kappa shape index (κ1) is 19.1. The van der Waals surface area contributed by atoms with E-state index in [4.69, 9.17) is 9.26 Å². The van der Waals surface area contributed by atoms with E-state index in [0.717, 1.165) is 62.9 Å². The molecule has 0 saturated carbocycles. The Kier molecular flexibility index (Phi) is 5.77. The van der Waals surface area contributed by atoms with E-state index in [1.165, 1.54) is 6.42 Å². The van der Waals surface area contributed by atoms with Gasteiger partial charge in [-0.2, -0.15) is 4.98 Å². The largest absolute Gasteiger partial charge is 0.381 e. The molecule has 2 fully saturated rings. The molecule has 8 nitrogen and oxygen atoms in total. The fraction of sp³-hybridized carbons (Fsp3) is 0.650. The number of likely N-dealkylation sites (tertiary alicyclic amines) is 1. The van der Waals surface area contributed by atoms with Crippen LogP contribution < -0.4 is 5.32 Å². The smallest absolute Gasteiger partial charge is 0.267 e. The zero-order valence-electron chi connectivity index (χ0n) is 16.7. The monoisotopic (exact) mass is 387 g/mol. The third-order valence-corrected chi connectivity index (χ3v) is 5.97. The van der Waals surface area contributed by atoms with Crippen molar-refractivity contribution < 1.29 is 14.1 Å². The Morgan fingerprint density at radius 3 is 2.86 bits per heavy atom. The van der Waals surface area contributed by atoms with E-state index >= 15 is 0 Å². The van der Waals surface area contributed by atoms with Gasteiger partial charge in [-0.25, -0.2) is 0 Å². The Morgan fingerprint density at radius 2 is 2.07 bits per heavy atom. The van der Waals surface area contributed by atoms with Crippen LogP contribution >= 0.6 is 0 Å². The first-order valence-corrected chi connectivity index (χ1v) is 10.2. The zero-order chi connectivity index (χ0) is 19.5. The van der Waals surface area contributed by atoms with Crippen LogP contribution in [-0.4, -0.2) is 52.3 Å². The Bertz CT molecular complexity index is 809. The van der Waals surface area contributed by atoms with Gasteiger partial charge in [0.15, 0.2) is 5.82 Å². The molecule has 28 heavy (non-hydrogen) atoms. The molecule has 4 rings (SSSR count). The summed E-state index contributed by atoms with van der Waals surface area (Å²) in [6, 6.07) is 4.22. The maximum atomic E-state index is 12.1. The summed E-state index contributed by atoms with van der Waals surface area (Å²) in [5, 5.41) is 6.95. The quantitative estimate of drug-likeness (QED) is 0.848. The fourth-order valence-corrected chi connectivity index (χ4v) is 4.36. The third kappa shape index (κ3) is 3.84. The van der Waals surface area contributed by atoms with E-state index in [0.29, 0.717) is 18.2 Å². The van der Waals surface area contributed by atoms with Crippen molar-refractivity contribution in [1.29, 1.82) is 0 Å². The highest BCUT2D eigenvalue weighted by Crippen LogP contribution is 2.33. The lowest BCUT2D eigenvalue weighted by molar-refractivity contribution is 0.0778. The second-order valence-corrected chi connectivity index (χ2v) is 7.70. The van der Waals surface area contributed by atoms with E-state index < -0.39 is 0 Å². The summed E-state index contributed by atoms with van der Waals surface area (Å²) in [5.41, 5.74) is 1.84. The van der Waals surface area contributed by atoms with Crippen LogP contribution in [0.3, 0.4) is 0 Å². The minimum Gasteiger partial charge on any atom is -0.381 e. The SMILES string of the molecule is CNC(=O)c1ccc(C2CCCCN2Cc2noc(C3CCOCC3)n2)n1C. The lowest BCUT2D eigenvalue weighted by Crippen LogP contribution is -2.34. The molecule has 0 spiro atoms. The van der Waals surface area contributed by atoms with E-state index in [1.54, 1.807) is 7.05 Å². The molecule has 0 radical (unpaired) electrons. The lowest BCUT2D eigenvalue weighted by Gasteiger charge is -2.35. The molecule has 2 aliphatic rings. The second-order valence-electron chi connectivity index (χ2n) is 7.70. The number of hydrogen-bond acceptors (Lipinski definition) is 6. The molecule has 0 aliphatic carbocycles. The van der Waals surface area contributed by atoms with Crippen LogP contribution in [0.4, 0.5) is 0 Å². The highest BCUT2D eigenvalue weighted by atomic mass is 16.5. The van der Waals surface area contributed by atoms with E-state index in [-0.39, 0.29) is 11.9 Å². The second kappa shape index (κ2) is 8.45. The molecule has 1 unspecified atom stereocenters. The van der Waals surface area contributed by atoms with Crippen molar-refractivity contribution in [2.45, 2.75) is 50.6 Å². The van der Waals surface area contributed by atoms with Gasteiger partial charge in [-0.1, -0.05) is 11.6 Å². The number of piperidine rings is 1. The van der Waals surface area contributed by atoms with Crippen molar-refractivity contribution in [3.63, 3.8) is 0 Å². The molecule has 2 aromatic rings. The predicted molar refractivity (Wildman–Crippen MR) is 103 cm³/mol. The van der Waals surface area contributed by atoms with Gasteiger partial charge in [0.1, 0.15) is 5.69 Å². The molecule has 0 aromatic carbocycles. The third-order valence-electron chi connectivity index (χ3n) is 5.97. The molecule has 152 valence electrons. The molecular weight excluding hydrogens is 358 g/mol. The average molecular weight is 387 g/mol. The Morgan fingerprint density at radius 1 is 1.25 bits per heavy atom. The molecule has 2 aromatic heterocycles. The number of amides is 1. The molecule has 1 amide bonds. The maximum absolute atomic E-state index is 12.1. The molecule has 0 bridgehead atoms.